The number of nitrogens with zero attached hydrogens (tertiary/aromatic N) is 2. The third kappa shape index (κ3) is 2.52. The molecule has 0 aliphatic carbocycles. The van der Waals surface area contributed by atoms with Crippen molar-refractivity contribution in [1.29, 1.82) is 0 Å². The molecule has 0 bridgehead atoms. The van der Waals surface area contributed by atoms with Crippen molar-refractivity contribution in [2.45, 2.75) is 58.7 Å². The van der Waals surface area contributed by atoms with Crippen LogP contribution in [-0.4, -0.2) is 26.7 Å². The van der Waals surface area contributed by atoms with Crippen LogP contribution in [0.2, 0.25) is 0 Å². The highest BCUT2D eigenvalue weighted by atomic mass is 16.4. The summed E-state index contributed by atoms with van der Waals surface area (Å²) in [6.45, 7) is 9.28. The quantitative estimate of drug-likeness (QED) is 0.870. The molecule has 1 aliphatic heterocycles. The summed E-state index contributed by atoms with van der Waals surface area (Å²) in [6, 6.07) is -0.528. The zero-order valence-corrected chi connectivity index (χ0v) is 12.1. The van der Waals surface area contributed by atoms with Gasteiger partial charge >= 0.3 is 5.97 Å². The van der Waals surface area contributed by atoms with Crippen LogP contribution in [-0.2, 0) is 23.3 Å². The van der Waals surface area contributed by atoms with Gasteiger partial charge in [0.2, 0.25) is 0 Å². The monoisotopic (exact) mass is 265 g/mol. The number of carboxylic acid groups (broad SMARTS) is 1. The molecule has 106 valence electrons. The first-order valence-electron chi connectivity index (χ1n) is 6.92. The molecule has 2 unspecified atom stereocenters. The van der Waals surface area contributed by atoms with E-state index in [1.165, 1.54) is 0 Å². The predicted molar refractivity (Wildman–Crippen MR) is 73.0 cm³/mol. The first-order valence-corrected chi connectivity index (χ1v) is 6.92. The van der Waals surface area contributed by atoms with Gasteiger partial charge in [0.25, 0.3) is 0 Å². The molecule has 2 atom stereocenters. The van der Waals surface area contributed by atoms with E-state index in [0.717, 1.165) is 24.4 Å². The molecular weight excluding hydrogens is 242 g/mol. The number of imidazole rings is 1. The van der Waals surface area contributed by atoms with E-state index in [1.54, 1.807) is 0 Å². The Hall–Kier alpha value is -1.36. The third-order valence-corrected chi connectivity index (χ3v) is 3.93. The van der Waals surface area contributed by atoms with E-state index in [9.17, 15) is 9.90 Å². The summed E-state index contributed by atoms with van der Waals surface area (Å²) in [5, 5.41) is 12.5. The minimum atomic E-state index is -0.789. The van der Waals surface area contributed by atoms with Crippen LogP contribution in [0.3, 0.4) is 0 Å². The van der Waals surface area contributed by atoms with Crippen molar-refractivity contribution in [3.63, 3.8) is 0 Å². The van der Waals surface area contributed by atoms with Crippen LogP contribution in [0.5, 0.6) is 0 Å². The standard InChI is InChI=1S/C14H23N3O2/c1-5-14(4)12-11(6-10(16-14)13(18)19)17(8-15-12)7-9(2)3/h8-10,16H,5-7H2,1-4H3,(H,18,19). The lowest BCUT2D eigenvalue weighted by Crippen LogP contribution is -2.54. The second-order valence-electron chi connectivity index (χ2n) is 6.01. The van der Waals surface area contributed by atoms with Crippen LogP contribution in [0.1, 0.15) is 45.5 Å². The van der Waals surface area contributed by atoms with Crippen LogP contribution in [0.15, 0.2) is 6.33 Å². The van der Waals surface area contributed by atoms with Crippen molar-refractivity contribution in [3.05, 3.63) is 17.7 Å². The van der Waals surface area contributed by atoms with Gasteiger partial charge in [0.15, 0.2) is 0 Å². The molecule has 0 amide bonds. The fourth-order valence-corrected chi connectivity index (χ4v) is 2.75. The lowest BCUT2D eigenvalue weighted by Gasteiger charge is -2.37. The number of hydrogen-bond donors (Lipinski definition) is 2. The molecule has 1 aromatic rings. The first kappa shape index (κ1) is 14.1. The number of nitrogens with one attached hydrogen (secondary N) is 1. The van der Waals surface area contributed by atoms with Crippen LogP contribution in [0, 0.1) is 5.92 Å². The number of rotatable bonds is 4. The van der Waals surface area contributed by atoms with Crippen molar-refractivity contribution in [2.75, 3.05) is 0 Å². The van der Waals surface area contributed by atoms with Crippen LogP contribution >= 0.6 is 0 Å². The van der Waals surface area contributed by atoms with Gasteiger partial charge in [0.1, 0.15) is 6.04 Å². The minimum absolute atomic E-state index is 0.348. The maximum Gasteiger partial charge on any atom is 0.321 e. The van der Waals surface area contributed by atoms with Gasteiger partial charge in [-0.3, -0.25) is 10.1 Å². The Balaban J connectivity index is 2.42. The van der Waals surface area contributed by atoms with Gasteiger partial charge in [-0.25, -0.2) is 4.98 Å². The molecule has 5 nitrogen and oxygen atoms in total. The maximum absolute atomic E-state index is 11.3. The summed E-state index contributed by atoms with van der Waals surface area (Å²) in [5.41, 5.74) is 1.73. The maximum atomic E-state index is 11.3. The van der Waals surface area contributed by atoms with E-state index in [1.807, 2.05) is 13.3 Å². The Morgan fingerprint density at radius 2 is 2.37 bits per heavy atom. The molecule has 2 rings (SSSR count). The fraction of sp³-hybridized carbons (Fsp3) is 0.714. The van der Waals surface area contributed by atoms with Crippen molar-refractivity contribution < 1.29 is 9.90 Å². The Kier molecular flexibility index (Phi) is 3.67. The van der Waals surface area contributed by atoms with E-state index in [0.29, 0.717) is 12.3 Å². The van der Waals surface area contributed by atoms with Crippen molar-refractivity contribution in [1.82, 2.24) is 14.9 Å². The molecule has 1 aliphatic rings. The third-order valence-electron chi connectivity index (χ3n) is 3.93. The smallest absolute Gasteiger partial charge is 0.321 e. The van der Waals surface area contributed by atoms with Gasteiger partial charge in [-0.15, -0.1) is 0 Å². The average molecular weight is 265 g/mol. The number of fused-ring (bicyclic) bond motifs is 1. The van der Waals surface area contributed by atoms with Crippen molar-refractivity contribution in [2.24, 2.45) is 5.92 Å². The molecule has 0 aromatic carbocycles. The average Bonchev–Trinajstić information content (AvgIpc) is 2.72. The normalized spacial score (nSPS) is 26.5. The second-order valence-corrected chi connectivity index (χ2v) is 6.01. The highest BCUT2D eigenvalue weighted by molar-refractivity contribution is 5.74. The van der Waals surface area contributed by atoms with Gasteiger partial charge in [-0.1, -0.05) is 20.8 Å². The molecule has 2 N–H and O–H groups in total. The topological polar surface area (TPSA) is 67.2 Å². The Morgan fingerprint density at radius 3 is 2.89 bits per heavy atom. The largest absolute Gasteiger partial charge is 0.480 e. The first-order chi connectivity index (χ1) is 8.87. The zero-order chi connectivity index (χ0) is 14.2. The van der Waals surface area contributed by atoms with E-state index >= 15 is 0 Å². The molecular formula is C14H23N3O2. The molecule has 2 heterocycles. The molecule has 19 heavy (non-hydrogen) atoms. The second kappa shape index (κ2) is 4.96. The lowest BCUT2D eigenvalue weighted by atomic mass is 9.86. The number of aliphatic carboxylic acids is 1. The molecule has 0 saturated carbocycles. The van der Waals surface area contributed by atoms with E-state index in [2.05, 4.69) is 35.6 Å². The van der Waals surface area contributed by atoms with Gasteiger partial charge in [-0.2, -0.15) is 0 Å². The SMILES string of the molecule is CCC1(C)NC(C(=O)O)Cc2c1ncn2CC(C)C. The molecule has 0 spiro atoms. The van der Waals surface area contributed by atoms with Gasteiger partial charge in [-0.05, 0) is 19.3 Å². The molecule has 5 heteroatoms. The minimum Gasteiger partial charge on any atom is -0.480 e. The van der Waals surface area contributed by atoms with E-state index in [4.69, 9.17) is 0 Å². The Morgan fingerprint density at radius 1 is 1.68 bits per heavy atom. The van der Waals surface area contributed by atoms with E-state index in [-0.39, 0.29) is 5.54 Å². The number of carboxylic acids is 1. The predicted octanol–water partition coefficient (Wildman–Crippen LogP) is 1.76. The number of hydrogen-bond acceptors (Lipinski definition) is 3. The summed E-state index contributed by atoms with van der Waals surface area (Å²) < 4.78 is 2.12. The Bertz CT molecular complexity index is 481. The summed E-state index contributed by atoms with van der Waals surface area (Å²) in [6.07, 6.45) is 3.18. The van der Waals surface area contributed by atoms with Crippen LogP contribution in [0.25, 0.3) is 0 Å². The van der Waals surface area contributed by atoms with Crippen LogP contribution in [0.4, 0.5) is 0 Å². The summed E-state index contributed by atoms with van der Waals surface area (Å²) >= 11 is 0. The van der Waals surface area contributed by atoms with Gasteiger partial charge < -0.3 is 9.67 Å². The fourth-order valence-electron chi connectivity index (χ4n) is 2.75. The highest BCUT2D eigenvalue weighted by Crippen LogP contribution is 2.32. The van der Waals surface area contributed by atoms with Gasteiger partial charge in [0, 0.05) is 18.7 Å². The van der Waals surface area contributed by atoms with Gasteiger partial charge in [0.05, 0.1) is 17.6 Å². The Labute approximate surface area is 114 Å². The number of carbonyl (C=O) groups is 1. The molecule has 0 radical (unpaired) electrons. The number of aromatic nitrogens is 2. The molecule has 1 aromatic heterocycles. The van der Waals surface area contributed by atoms with E-state index < -0.39 is 12.0 Å². The lowest BCUT2D eigenvalue weighted by molar-refractivity contribution is -0.140. The van der Waals surface area contributed by atoms with Crippen molar-refractivity contribution >= 4 is 5.97 Å². The summed E-state index contributed by atoms with van der Waals surface area (Å²) in [4.78, 5) is 15.9. The molecule has 0 fully saturated rings. The summed E-state index contributed by atoms with van der Waals surface area (Å²) in [5.74, 6) is -0.271. The summed E-state index contributed by atoms with van der Waals surface area (Å²) in [7, 11) is 0. The highest BCUT2D eigenvalue weighted by Gasteiger charge is 2.40. The van der Waals surface area contributed by atoms with Crippen molar-refractivity contribution in [3.8, 4) is 0 Å². The zero-order valence-electron chi connectivity index (χ0n) is 12.1. The van der Waals surface area contributed by atoms with Crippen LogP contribution < -0.4 is 5.32 Å². The molecule has 0 saturated heterocycles.